The predicted octanol–water partition coefficient (Wildman–Crippen LogP) is 0.603. The first kappa shape index (κ1) is 10.9. The highest BCUT2D eigenvalue weighted by Gasteiger charge is 2.22. The Labute approximate surface area is 93.3 Å². The number of nitrogen functional groups attached to an aromatic ring is 1. The molecule has 1 fully saturated rings. The number of methoxy groups -OCH3 is 1. The minimum absolute atomic E-state index is 0.166. The Morgan fingerprint density at radius 3 is 3.19 bits per heavy atom. The van der Waals surface area contributed by atoms with Gasteiger partial charge in [-0.2, -0.15) is 0 Å². The van der Waals surface area contributed by atoms with E-state index in [2.05, 4.69) is 9.72 Å². The molecule has 6 nitrogen and oxygen atoms in total. The molecule has 2 rings (SSSR count). The normalized spacial score (nSPS) is 20.7. The van der Waals surface area contributed by atoms with Gasteiger partial charge in [0, 0.05) is 6.61 Å². The van der Waals surface area contributed by atoms with E-state index in [9.17, 15) is 4.79 Å². The Hall–Kier alpha value is -1.56. The fraction of sp³-hybridized carbons (Fsp3) is 0.600. The lowest BCUT2D eigenvalue weighted by Gasteiger charge is -2.24. The maximum Gasteiger partial charge on any atom is 0.360 e. The van der Waals surface area contributed by atoms with Gasteiger partial charge in [0.25, 0.3) is 0 Å². The zero-order valence-corrected chi connectivity index (χ0v) is 9.18. The van der Waals surface area contributed by atoms with Crippen LogP contribution in [0.1, 0.15) is 29.4 Å². The molecular weight excluding hydrogens is 210 g/mol. The number of rotatable bonds is 2. The molecule has 1 unspecified atom stereocenters. The second-order valence-electron chi connectivity index (χ2n) is 3.75. The molecule has 6 heteroatoms. The molecule has 2 N–H and O–H groups in total. The number of carbonyl (C=O) groups excluding carboxylic acids is 1. The van der Waals surface area contributed by atoms with Gasteiger partial charge in [0.1, 0.15) is 5.82 Å². The van der Waals surface area contributed by atoms with Gasteiger partial charge >= 0.3 is 5.97 Å². The Morgan fingerprint density at radius 2 is 2.56 bits per heavy atom. The van der Waals surface area contributed by atoms with E-state index < -0.39 is 5.97 Å². The minimum Gasteiger partial charge on any atom is -0.464 e. The first-order chi connectivity index (χ1) is 7.74. The van der Waals surface area contributed by atoms with Crippen LogP contribution in [0.2, 0.25) is 0 Å². The minimum atomic E-state index is -0.507. The molecule has 1 aliphatic rings. The molecule has 0 radical (unpaired) electrons. The van der Waals surface area contributed by atoms with Crippen molar-refractivity contribution in [2.45, 2.75) is 18.9 Å². The SMILES string of the molecule is COC(=O)c1ncn(C2CCCOC2)c1N. The second-order valence-corrected chi connectivity index (χ2v) is 3.75. The van der Waals surface area contributed by atoms with Gasteiger partial charge in [-0.15, -0.1) is 0 Å². The van der Waals surface area contributed by atoms with Crippen LogP contribution in [0, 0.1) is 0 Å². The van der Waals surface area contributed by atoms with Gasteiger partial charge in [0.15, 0.2) is 5.69 Å². The van der Waals surface area contributed by atoms with Crippen molar-refractivity contribution >= 4 is 11.8 Å². The topological polar surface area (TPSA) is 79.4 Å². The molecule has 1 saturated heterocycles. The smallest absolute Gasteiger partial charge is 0.360 e. The standard InChI is InChI=1S/C10H15N3O3/c1-15-10(14)8-9(11)13(6-12-8)7-3-2-4-16-5-7/h6-7H,2-5,11H2,1H3. The third-order valence-corrected chi connectivity index (χ3v) is 2.74. The molecule has 0 saturated carbocycles. The highest BCUT2D eigenvalue weighted by Crippen LogP contribution is 2.24. The number of carbonyl (C=O) groups is 1. The summed E-state index contributed by atoms with van der Waals surface area (Å²) in [6, 6.07) is 0.166. The van der Waals surface area contributed by atoms with E-state index in [0.29, 0.717) is 12.4 Å². The number of hydrogen-bond donors (Lipinski definition) is 1. The Balaban J connectivity index is 2.21. The average molecular weight is 225 g/mol. The highest BCUT2D eigenvalue weighted by atomic mass is 16.5. The summed E-state index contributed by atoms with van der Waals surface area (Å²) >= 11 is 0. The summed E-state index contributed by atoms with van der Waals surface area (Å²) in [6.45, 7) is 1.40. The van der Waals surface area contributed by atoms with E-state index in [-0.39, 0.29) is 11.7 Å². The summed E-state index contributed by atoms with van der Waals surface area (Å²) in [5, 5.41) is 0. The Kier molecular flexibility index (Phi) is 3.09. The molecule has 1 aromatic heterocycles. The van der Waals surface area contributed by atoms with E-state index in [1.807, 2.05) is 0 Å². The number of hydrogen-bond acceptors (Lipinski definition) is 5. The zero-order valence-electron chi connectivity index (χ0n) is 9.18. The summed E-state index contributed by atoms with van der Waals surface area (Å²) in [4.78, 5) is 15.3. The molecule has 2 heterocycles. The van der Waals surface area contributed by atoms with Crippen LogP contribution in [-0.4, -0.2) is 35.8 Å². The van der Waals surface area contributed by atoms with E-state index in [1.165, 1.54) is 7.11 Å². The van der Waals surface area contributed by atoms with Gasteiger partial charge in [-0.05, 0) is 12.8 Å². The molecule has 0 amide bonds. The maximum absolute atomic E-state index is 11.3. The molecule has 0 aromatic carbocycles. The van der Waals surface area contributed by atoms with E-state index in [0.717, 1.165) is 19.4 Å². The third-order valence-electron chi connectivity index (χ3n) is 2.74. The molecular formula is C10H15N3O3. The molecule has 1 aromatic rings. The number of imidazole rings is 1. The number of anilines is 1. The van der Waals surface area contributed by atoms with Crippen molar-refractivity contribution in [1.82, 2.24) is 9.55 Å². The van der Waals surface area contributed by atoms with E-state index in [4.69, 9.17) is 10.5 Å². The van der Waals surface area contributed by atoms with Gasteiger partial charge in [0.2, 0.25) is 0 Å². The molecule has 0 spiro atoms. The van der Waals surface area contributed by atoms with Crippen molar-refractivity contribution in [3.05, 3.63) is 12.0 Å². The van der Waals surface area contributed by atoms with Gasteiger partial charge in [-0.25, -0.2) is 9.78 Å². The molecule has 88 valence electrons. The number of nitrogens with zero attached hydrogens (tertiary/aromatic N) is 2. The van der Waals surface area contributed by atoms with Crippen molar-refractivity contribution in [2.75, 3.05) is 26.1 Å². The molecule has 16 heavy (non-hydrogen) atoms. The summed E-state index contributed by atoms with van der Waals surface area (Å²) < 4.78 is 11.7. The Bertz CT molecular complexity index is 383. The fourth-order valence-electron chi connectivity index (χ4n) is 1.86. The number of esters is 1. The van der Waals surface area contributed by atoms with Gasteiger partial charge in [-0.1, -0.05) is 0 Å². The Morgan fingerprint density at radius 1 is 1.75 bits per heavy atom. The van der Waals surface area contributed by atoms with E-state index in [1.54, 1.807) is 10.9 Å². The van der Waals surface area contributed by atoms with Crippen LogP contribution in [0.3, 0.4) is 0 Å². The summed E-state index contributed by atoms with van der Waals surface area (Å²) in [6.07, 6.45) is 3.55. The first-order valence-corrected chi connectivity index (χ1v) is 5.22. The van der Waals surface area contributed by atoms with Crippen LogP contribution in [0.5, 0.6) is 0 Å². The quantitative estimate of drug-likeness (QED) is 0.746. The van der Waals surface area contributed by atoms with Crippen molar-refractivity contribution in [2.24, 2.45) is 0 Å². The van der Waals surface area contributed by atoms with Crippen LogP contribution >= 0.6 is 0 Å². The predicted molar refractivity (Wildman–Crippen MR) is 57.1 cm³/mol. The fourth-order valence-corrected chi connectivity index (χ4v) is 1.86. The maximum atomic E-state index is 11.3. The van der Waals surface area contributed by atoms with Crippen molar-refractivity contribution in [1.29, 1.82) is 0 Å². The monoisotopic (exact) mass is 225 g/mol. The van der Waals surface area contributed by atoms with Crippen LogP contribution in [0.15, 0.2) is 6.33 Å². The highest BCUT2D eigenvalue weighted by molar-refractivity contribution is 5.92. The average Bonchev–Trinajstić information content (AvgIpc) is 2.71. The van der Waals surface area contributed by atoms with Gasteiger partial charge in [0.05, 0.1) is 26.1 Å². The number of nitrogens with two attached hydrogens (primary N) is 1. The molecule has 0 aliphatic carbocycles. The zero-order chi connectivity index (χ0) is 11.5. The van der Waals surface area contributed by atoms with Crippen molar-refractivity contribution in [3.63, 3.8) is 0 Å². The van der Waals surface area contributed by atoms with Gasteiger partial charge in [-0.3, -0.25) is 0 Å². The van der Waals surface area contributed by atoms with Crippen LogP contribution < -0.4 is 5.73 Å². The summed E-state index contributed by atoms with van der Waals surface area (Å²) in [7, 11) is 1.31. The summed E-state index contributed by atoms with van der Waals surface area (Å²) in [5.41, 5.74) is 6.03. The van der Waals surface area contributed by atoms with Crippen molar-refractivity contribution in [3.8, 4) is 0 Å². The van der Waals surface area contributed by atoms with E-state index >= 15 is 0 Å². The van der Waals surface area contributed by atoms with Crippen LogP contribution in [0.4, 0.5) is 5.82 Å². The lowest BCUT2D eigenvalue weighted by atomic mass is 10.1. The van der Waals surface area contributed by atoms with Crippen molar-refractivity contribution < 1.29 is 14.3 Å². The first-order valence-electron chi connectivity index (χ1n) is 5.22. The van der Waals surface area contributed by atoms with Crippen LogP contribution in [0.25, 0.3) is 0 Å². The second kappa shape index (κ2) is 4.52. The number of ether oxygens (including phenoxy) is 2. The lowest BCUT2D eigenvalue weighted by molar-refractivity contribution is 0.0583. The summed E-state index contributed by atoms with van der Waals surface area (Å²) in [5.74, 6) is -0.157. The van der Waals surface area contributed by atoms with Crippen LogP contribution in [-0.2, 0) is 9.47 Å². The third kappa shape index (κ3) is 1.88. The molecule has 1 aliphatic heterocycles. The van der Waals surface area contributed by atoms with Gasteiger partial charge < -0.3 is 19.8 Å². The molecule has 1 atom stereocenters. The largest absolute Gasteiger partial charge is 0.464 e. The lowest BCUT2D eigenvalue weighted by Crippen LogP contribution is -2.22. The number of aromatic nitrogens is 2. The molecule has 0 bridgehead atoms.